The van der Waals surface area contributed by atoms with E-state index in [2.05, 4.69) is 10.6 Å². The third-order valence-electron chi connectivity index (χ3n) is 7.15. The summed E-state index contributed by atoms with van der Waals surface area (Å²) in [6.07, 6.45) is 4.95. The SMILES string of the molecule is CC[C@@H]1OC(=O)[C@H](C)CNC(=O)[C@@H](Cc2ccc(OC)c(Cl)c2)NC(O)/C=C/C[C@@H]([C@H](C)/C=C/c2ccccc2)OC1=O. The van der Waals surface area contributed by atoms with Crippen molar-refractivity contribution in [1.29, 1.82) is 0 Å². The summed E-state index contributed by atoms with van der Waals surface area (Å²) in [4.78, 5) is 39.1. The molecule has 3 rings (SSSR count). The van der Waals surface area contributed by atoms with E-state index >= 15 is 0 Å². The van der Waals surface area contributed by atoms with Gasteiger partial charge < -0.3 is 24.6 Å². The zero-order valence-corrected chi connectivity index (χ0v) is 25.8. The highest BCUT2D eigenvalue weighted by Gasteiger charge is 2.30. The van der Waals surface area contributed by atoms with Crippen molar-refractivity contribution in [3.05, 3.63) is 82.9 Å². The normalized spacial score (nSPS) is 25.8. The third-order valence-corrected chi connectivity index (χ3v) is 7.45. The number of cyclic esters (lactones) is 2. The van der Waals surface area contributed by atoms with Crippen molar-refractivity contribution < 1.29 is 33.7 Å². The molecule has 9 nitrogen and oxygen atoms in total. The summed E-state index contributed by atoms with van der Waals surface area (Å²) < 4.78 is 16.6. The number of ether oxygens (including phenoxy) is 3. The van der Waals surface area contributed by atoms with E-state index in [9.17, 15) is 19.5 Å². The second-order valence-corrected chi connectivity index (χ2v) is 11.0. The van der Waals surface area contributed by atoms with Crippen LogP contribution in [0.1, 0.15) is 44.7 Å². The predicted molar refractivity (Wildman–Crippen MR) is 165 cm³/mol. The second kappa shape index (κ2) is 16.8. The van der Waals surface area contributed by atoms with Gasteiger partial charge in [-0.05, 0) is 42.2 Å². The minimum atomic E-state index is -1.19. The number of aliphatic hydroxyl groups excluding tert-OH is 1. The molecule has 0 saturated carbocycles. The molecule has 2 aromatic rings. The molecule has 2 aromatic carbocycles. The first-order valence-corrected chi connectivity index (χ1v) is 14.8. The Hall–Kier alpha value is -3.66. The number of nitrogens with one attached hydrogen (secondary N) is 2. The Morgan fingerprint density at radius 2 is 1.86 bits per heavy atom. The molecule has 6 atom stereocenters. The van der Waals surface area contributed by atoms with Crippen LogP contribution in [0.4, 0.5) is 0 Å². The first-order chi connectivity index (χ1) is 20.6. The van der Waals surface area contributed by atoms with Gasteiger partial charge in [0.15, 0.2) is 6.10 Å². The molecular weight excluding hydrogens is 572 g/mol. The van der Waals surface area contributed by atoms with Gasteiger partial charge in [0, 0.05) is 18.9 Å². The smallest absolute Gasteiger partial charge is 0.347 e. The Kier molecular flexibility index (Phi) is 13.3. The standard InChI is InChI=1S/C33H41ClN2O7/c1-5-27-33(40)43-28(21(2)14-15-23-10-7-6-8-11-23)12-9-13-30(37)36-26(31(38)35-20-22(3)32(39)42-27)19-24-16-17-29(41-4)25(34)18-24/h6-11,13-18,21-22,26-28,30,36-37H,5,12,19-20H2,1-4H3,(H,35,38)/b13-9+,15-14+/t21-,22-,26-,27+,28+,30?/m1/s1. The Balaban J connectivity index is 1.85. The van der Waals surface area contributed by atoms with Gasteiger partial charge in [-0.3, -0.25) is 14.9 Å². The minimum absolute atomic E-state index is 0.0272. The monoisotopic (exact) mass is 612 g/mol. The van der Waals surface area contributed by atoms with E-state index in [-0.39, 0.29) is 31.7 Å². The van der Waals surface area contributed by atoms with Crippen LogP contribution in [0.2, 0.25) is 5.02 Å². The van der Waals surface area contributed by atoms with Crippen molar-refractivity contribution in [2.75, 3.05) is 13.7 Å². The number of halogens is 1. The van der Waals surface area contributed by atoms with E-state index in [1.54, 1.807) is 38.1 Å². The maximum absolute atomic E-state index is 13.2. The van der Waals surface area contributed by atoms with Crippen LogP contribution in [0.15, 0.2) is 66.8 Å². The van der Waals surface area contributed by atoms with Gasteiger partial charge in [-0.25, -0.2) is 4.79 Å². The molecule has 0 bridgehead atoms. The maximum Gasteiger partial charge on any atom is 0.347 e. The van der Waals surface area contributed by atoms with E-state index in [4.69, 9.17) is 25.8 Å². The highest BCUT2D eigenvalue weighted by atomic mass is 35.5. The van der Waals surface area contributed by atoms with Crippen molar-refractivity contribution in [3.63, 3.8) is 0 Å². The summed E-state index contributed by atoms with van der Waals surface area (Å²) >= 11 is 6.29. The number of carbonyl (C=O) groups excluding carboxylic acids is 3. The first-order valence-electron chi connectivity index (χ1n) is 14.5. The fraction of sp³-hybridized carbons (Fsp3) is 0.424. The molecule has 10 heteroatoms. The van der Waals surface area contributed by atoms with Gasteiger partial charge in [0.2, 0.25) is 5.91 Å². The van der Waals surface area contributed by atoms with Crippen LogP contribution in [0.25, 0.3) is 6.08 Å². The third kappa shape index (κ3) is 10.5. The van der Waals surface area contributed by atoms with Gasteiger partial charge in [-0.1, -0.05) is 87.0 Å². The molecule has 0 radical (unpaired) electrons. The van der Waals surface area contributed by atoms with Crippen molar-refractivity contribution in [2.45, 2.75) is 64.5 Å². The summed E-state index contributed by atoms with van der Waals surface area (Å²) in [5.41, 5.74) is 1.74. The molecule has 1 amide bonds. The molecule has 0 fully saturated rings. The van der Waals surface area contributed by atoms with Crippen LogP contribution in [0, 0.1) is 11.8 Å². The summed E-state index contributed by atoms with van der Waals surface area (Å²) in [6, 6.07) is 14.1. The zero-order chi connectivity index (χ0) is 31.4. The highest BCUT2D eigenvalue weighted by molar-refractivity contribution is 6.32. The van der Waals surface area contributed by atoms with Gasteiger partial charge >= 0.3 is 11.9 Å². The number of rotatable bonds is 7. The summed E-state index contributed by atoms with van der Waals surface area (Å²) in [6.45, 7) is 5.23. The lowest BCUT2D eigenvalue weighted by Gasteiger charge is -2.26. The lowest BCUT2D eigenvalue weighted by atomic mass is 9.99. The molecule has 232 valence electrons. The molecule has 43 heavy (non-hydrogen) atoms. The van der Waals surface area contributed by atoms with E-state index in [0.29, 0.717) is 10.8 Å². The number of benzene rings is 2. The van der Waals surface area contributed by atoms with Crippen LogP contribution in [-0.4, -0.2) is 61.1 Å². The molecule has 1 aliphatic heterocycles. The van der Waals surface area contributed by atoms with Gasteiger partial charge in [0.25, 0.3) is 0 Å². The molecule has 0 aromatic heterocycles. The number of carbonyl (C=O) groups is 3. The lowest BCUT2D eigenvalue weighted by Crippen LogP contribution is -2.50. The van der Waals surface area contributed by atoms with Crippen molar-refractivity contribution in [3.8, 4) is 5.75 Å². The van der Waals surface area contributed by atoms with Crippen LogP contribution < -0.4 is 15.4 Å². The first kappa shape index (κ1) is 33.8. The fourth-order valence-electron chi connectivity index (χ4n) is 4.46. The van der Waals surface area contributed by atoms with E-state index in [1.807, 2.05) is 49.4 Å². The second-order valence-electron chi connectivity index (χ2n) is 10.6. The molecule has 1 aliphatic rings. The van der Waals surface area contributed by atoms with Gasteiger partial charge in [-0.2, -0.15) is 0 Å². The van der Waals surface area contributed by atoms with Crippen LogP contribution in [0.5, 0.6) is 5.75 Å². The van der Waals surface area contributed by atoms with Crippen LogP contribution in [0.3, 0.4) is 0 Å². The van der Waals surface area contributed by atoms with Gasteiger partial charge in [0.05, 0.1) is 24.1 Å². The zero-order valence-electron chi connectivity index (χ0n) is 25.0. The van der Waals surface area contributed by atoms with Crippen molar-refractivity contribution in [1.82, 2.24) is 10.6 Å². The summed E-state index contributed by atoms with van der Waals surface area (Å²) in [5.74, 6) is -2.13. The Morgan fingerprint density at radius 1 is 1.12 bits per heavy atom. The fourth-order valence-corrected chi connectivity index (χ4v) is 4.74. The van der Waals surface area contributed by atoms with Crippen LogP contribution in [-0.2, 0) is 30.3 Å². The Morgan fingerprint density at radius 3 is 2.53 bits per heavy atom. The average Bonchev–Trinajstić information content (AvgIpc) is 3.00. The topological polar surface area (TPSA) is 123 Å². The molecule has 0 saturated heterocycles. The number of esters is 2. The van der Waals surface area contributed by atoms with E-state index in [0.717, 1.165) is 11.1 Å². The minimum Gasteiger partial charge on any atom is -0.495 e. The molecular formula is C33H41ClN2O7. The average molecular weight is 613 g/mol. The highest BCUT2D eigenvalue weighted by Crippen LogP contribution is 2.25. The molecule has 0 aliphatic carbocycles. The number of hydrogen-bond donors (Lipinski definition) is 3. The predicted octanol–water partition coefficient (Wildman–Crippen LogP) is 4.46. The van der Waals surface area contributed by atoms with Crippen molar-refractivity contribution >= 4 is 35.5 Å². The number of hydrogen-bond acceptors (Lipinski definition) is 8. The Labute approximate surface area is 258 Å². The Bertz CT molecular complexity index is 1280. The molecule has 1 unspecified atom stereocenters. The molecule has 1 heterocycles. The number of aliphatic hydroxyl groups is 1. The molecule has 3 N–H and O–H groups in total. The maximum atomic E-state index is 13.2. The van der Waals surface area contributed by atoms with E-state index < -0.39 is 48.2 Å². The summed E-state index contributed by atoms with van der Waals surface area (Å²) in [7, 11) is 1.52. The quantitative estimate of drug-likeness (QED) is 0.309. The number of methoxy groups -OCH3 is 1. The summed E-state index contributed by atoms with van der Waals surface area (Å²) in [5, 5.41) is 16.9. The molecule has 0 spiro atoms. The largest absolute Gasteiger partial charge is 0.495 e. The van der Waals surface area contributed by atoms with Crippen LogP contribution >= 0.6 is 11.6 Å². The van der Waals surface area contributed by atoms with Crippen molar-refractivity contribution in [2.24, 2.45) is 11.8 Å². The van der Waals surface area contributed by atoms with Gasteiger partial charge in [0.1, 0.15) is 18.1 Å². The van der Waals surface area contributed by atoms with E-state index in [1.165, 1.54) is 13.2 Å². The number of amides is 1. The van der Waals surface area contributed by atoms with Gasteiger partial charge in [-0.15, -0.1) is 0 Å². The lowest BCUT2D eigenvalue weighted by molar-refractivity contribution is -0.174.